The van der Waals surface area contributed by atoms with Crippen LogP contribution in [0.25, 0.3) is 10.2 Å². The normalized spacial score (nSPS) is 11.4. The lowest BCUT2D eigenvalue weighted by atomic mass is 10.1. The molecule has 0 fully saturated rings. The minimum absolute atomic E-state index is 0.476. The van der Waals surface area contributed by atoms with Crippen LogP contribution >= 0.6 is 11.3 Å². The quantitative estimate of drug-likeness (QED) is 0.752. The molecule has 0 aromatic carbocycles. The van der Waals surface area contributed by atoms with Gasteiger partial charge in [0.1, 0.15) is 6.33 Å². The molecule has 2 aromatic heterocycles. The van der Waals surface area contributed by atoms with Crippen molar-refractivity contribution in [3.05, 3.63) is 23.0 Å². The summed E-state index contributed by atoms with van der Waals surface area (Å²) in [6.07, 6.45) is 2.75. The second-order valence-electron chi connectivity index (χ2n) is 3.69. The number of aryl methyl sites for hydroxylation is 1. The average Bonchev–Trinajstić information content (AvgIpc) is 2.59. The maximum atomic E-state index is 4.35. The smallest absolute Gasteiger partial charge is 0.116 e. The summed E-state index contributed by atoms with van der Waals surface area (Å²) in [5.41, 5.74) is 2.28. The van der Waals surface area contributed by atoms with Crippen LogP contribution in [0.3, 0.4) is 0 Å². The second kappa shape index (κ2) is 3.65. The average molecular weight is 206 g/mol. The summed E-state index contributed by atoms with van der Waals surface area (Å²) in [4.78, 5) is 10.0. The van der Waals surface area contributed by atoms with Gasteiger partial charge in [0, 0.05) is 4.88 Å². The van der Waals surface area contributed by atoms with Crippen LogP contribution in [0, 0.1) is 0 Å². The topological polar surface area (TPSA) is 25.8 Å². The fraction of sp³-hybridized carbons (Fsp3) is 0.455. The summed E-state index contributed by atoms with van der Waals surface area (Å²) >= 11 is 1.83. The zero-order valence-electron chi connectivity index (χ0n) is 8.74. The molecular formula is C11H14N2S. The molecule has 3 heteroatoms. The maximum Gasteiger partial charge on any atom is 0.116 e. The molecule has 0 aliphatic heterocycles. The zero-order valence-corrected chi connectivity index (χ0v) is 9.56. The Bertz CT molecular complexity index is 445. The second-order valence-corrected chi connectivity index (χ2v) is 4.83. The number of aromatic nitrogens is 2. The number of thiophene rings is 1. The first-order chi connectivity index (χ1) is 6.72. The van der Waals surface area contributed by atoms with E-state index in [0.29, 0.717) is 5.92 Å². The number of hydrogen-bond acceptors (Lipinski definition) is 3. The minimum Gasteiger partial charge on any atom is -0.240 e. The van der Waals surface area contributed by atoms with Crippen molar-refractivity contribution in [2.45, 2.75) is 33.1 Å². The van der Waals surface area contributed by atoms with Gasteiger partial charge in [0.15, 0.2) is 0 Å². The first kappa shape index (κ1) is 9.59. The zero-order chi connectivity index (χ0) is 10.1. The Balaban J connectivity index is 2.66. The van der Waals surface area contributed by atoms with Crippen molar-refractivity contribution >= 4 is 21.6 Å². The molecule has 74 valence electrons. The molecular weight excluding hydrogens is 192 g/mol. The van der Waals surface area contributed by atoms with Crippen LogP contribution in [-0.2, 0) is 6.42 Å². The molecule has 0 radical (unpaired) electrons. The van der Waals surface area contributed by atoms with E-state index in [0.717, 1.165) is 11.9 Å². The van der Waals surface area contributed by atoms with Crippen molar-refractivity contribution in [2.24, 2.45) is 0 Å². The molecule has 0 unspecified atom stereocenters. The number of nitrogens with zero attached hydrogens (tertiary/aromatic N) is 2. The van der Waals surface area contributed by atoms with E-state index in [2.05, 4.69) is 36.8 Å². The third-order valence-corrected chi connectivity index (χ3v) is 3.58. The third-order valence-electron chi connectivity index (χ3n) is 2.29. The highest BCUT2D eigenvalue weighted by Gasteiger charge is 2.10. The fourth-order valence-corrected chi connectivity index (χ4v) is 2.69. The van der Waals surface area contributed by atoms with E-state index < -0.39 is 0 Å². The monoisotopic (exact) mass is 206 g/mol. The van der Waals surface area contributed by atoms with Crippen LogP contribution in [0.2, 0.25) is 0 Å². The summed E-state index contributed by atoms with van der Waals surface area (Å²) in [6.45, 7) is 6.52. The van der Waals surface area contributed by atoms with Crippen molar-refractivity contribution in [3.8, 4) is 0 Å². The molecule has 14 heavy (non-hydrogen) atoms. The minimum atomic E-state index is 0.476. The largest absolute Gasteiger partial charge is 0.240 e. The van der Waals surface area contributed by atoms with Crippen molar-refractivity contribution in [3.63, 3.8) is 0 Å². The predicted molar refractivity (Wildman–Crippen MR) is 60.9 cm³/mol. The van der Waals surface area contributed by atoms with Gasteiger partial charge in [-0.15, -0.1) is 11.3 Å². The summed E-state index contributed by atoms with van der Waals surface area (Å²) in [6, 6.07) is 2.17. The molecule has 0 aliphatic rings. The van der Waals surface area contributed by atoms with E-state index in [1.54, 1.807) is 6.33 Å². The van der Waals surface area contributed by atoms with Crippen molar-refractivity contribution in [2.75, 3.05) is 0 Å². The Morgan fingerprint density at radius 1 is 1.36 bits per heavy atom. The van der Waals surface area contributed by atoms with Gasteiger partial charge >= 0.3 is 0 Å². The van der Waals surface area contributed by atoms with Gasteiger partial charge in [0.2, 0.25) is 0 Å². The fourth-order valence-electron chi connectivity index (χ4n) is 1.51. The lowest BCUT2D eigenvalue weighted by Crippen LogP contribution is -1.92. The van der Waals surface area contributed by atoms with Gasteiger partial charge in [-0.3, -0.25) is 0 Å². The summed E-state index contributed by atoms with van der Waals surface area (Å²) in [7, 11) is 0. The van der Waals surface area contributed by atoms with Crippen LogP contribution in [0.5, 0.6) is 0 Å². The molecule has 0 spiro atoms. The molecule has 2 heterocycles. The van der Waals surface area contributed by atoms with Crippen LogP contribution in [0.4, 0.5) is 0 Å². The molecule has 0 saturated heterocycles. The highest BCUT2D eigenvalue weighted by atomic mass is 32.1. The Morgan fingerprint density at radius 2 is 2.14 bits per heavy atom. The summed E-state index contributed by atoms with van der Waals surface area (Å²) in [5, 5.41) is 0. The van der Waals surface area contributed by atoms with Gasteiger partial charge in [-0.25, -0.2) is 9.97 Å². The van der Waals surface area contributed by atoms with E-state index in [9.17, 15) is 0 Å². The Kier molecular flexibility index (Phi) is 2.50. The number of fused-ring (bicyclic) bond motifs is 1. The summed E-state index contributed by atoms with van der Waals surface area (Å²) < 4.78 is 1.26. The van der Waals surface area contributed by atoms with Gasteiger partial charge in [0.05, 0.1) is 15.9 Å². The van der Waals surface area contributed by atoms with Crippen LogP contribution in [0.1, 0.15) is 37.3 Å². The van der Waals surface area contributed by atoms with E-state index in [-0.39, 0.29) is 0 Å². The van der Waals surface area contributed by atoms with Gasteiger partial charge in [-0.05, 0) is 18.4 Å². The molecule has 0 N–H and O–H groups in total. The van der Waals surface area contributed by atoms with Gasteiger partial charge < -0.3 is 0 Å². The predicted octanol–water partition coefficient (Wildman–Crippen LogP) is 3.38. The number of hydrogen-bond donors (Lipinski definition) is 0. The molecule has 0 saturated carbocycles. The third kappa shape index (κ3) is 1.52. The van der Waals surface area contributed by atoms with Crippen molar-refractivity contribution in [1.82, 2.24) is 9.97 Å². The maximum absolute atomic E-state index is 4.35. The summed E-state index contributed by atoms with van der Waals surface area (Å²) in [5.74, 6) is 0.476. The van der Waals surface area contributed by atoms with Crippen molar-refractivity contribution in [1.29, 1.82) is 0 Å². The molecule has 2 nitrogen and oxygen atoms in total. The molecule has 2 aromatic rings. The van der Waals surface area contributed by atoms with Crippen LogP contribution < -0.4 is 0 Å². The van der Waals surface area contributed by atoms with Crippen LogP contribution in [0.15, 0.2) is 12.4 Å². The first-order valence-electron chi connectivity index (χ1n) is 4.95. The molecule has 0 atom stereocenters. The van der Waals surface area contributed by atoms with Crippen molar-refractivity contribution < 1.29 is 0 Å². The first-order valence-corrected chi connectivity index (χ1v) is 5.77. The van der Waals surface area contributed by atoms with Crippen LogP contribution in [-0.4, -0.2) is 9.97 Å². The molecule has 0 aliphatic carbocycles. The Hall–Kier alpha value is -0.960. The lowest BCUT2D eigenvalue weighted by Gasteiger charge is -2.03. The molecule has 0 bridgehead atoms. The van der Waals surface area contributed by atoms with E-state index in [1.807, 2.05) is 11.3 Å². The van der Waals surface area contributed by atoms with E-state index in [1.165, 1.54) is 15.3 Å². The standard InChI is InChI=1S/C11H14N2S/c1-4-8-5-9-11(14-8)10(7(2)3)13-6-12-9/h5-7H,4H2,1-3H3. The molecule has 0 amide bonds. The van der Waals surface area contributed by atoms with Gasteiger partial charge in [-0.2, -0.15) is 0 Å². The van der Waals surface area contributed by atoms with Gasteiger partial charge in [-0.1, -0.05) is 20.8 Å². The molecule has 2 rings (SSSR count). The Morgan fingerprint density at radius 3 is 2.79 bits per heavy atom. The SMILES string of the molecule is CCc1cc2ncnc(C(C)C)c2s1. The van der Waals surface area contributed by atoms with E-state index >= 15 is 0 Å². The van der Waals surface area contributed by atoms with E-state index in [4.69, 9.17) is 0 Å². The highest BCUT2D eigenvalue weighted by Crippen LogP contribution is 2.29. The Labute approximate surface area is 88.0 Å². The number of rotatable bonds is 2. The van der Waals surface area contributed by atoms with Gasteiger partial charge in [0.25, 0.3) is 0 Å². The lowest BCUT2D eigenvalue weighted by molar-refractivity contribution is 0.831. The highest BCUT2D eigenvalue weighted by molar-refractivity contribution is 7.19.